The molecule has 6 heteroatoms. The van der Waals surface area contributed by atoms with Gasteiger partial charge in [-0.2, -0.15) is 0 Å². The van der Waals surface area contributed by atoms with Gasteiger partial charge in [0.1, 0.15) is 9.84 Å². The monoisotopic (exact) mass is 321 g/mol. The molecular weight excluding hydrogens is 306 g/mol. The Bertz CT molecular complexity index is 474. The van der Waals surface area contributed by atoms with Gasteiger partial charge in [0.25, 0.3) is 0 Å². The molecule has 1 aromatic carbocycles. The van der Waals surface area contributed by atoms with Crippen molar-refractivity contribution in [3.05, 3.63) is 28.2 Å². The van der Waals surface area contributed by atoms with E-state index in [1.807, 2.05) is 18.2 Å². The summed E-state index contributed by atoms with van der Waals surface area (Å²) in [5.74, 6) is 0.117. The first-order valence-electron chi connectivity index (χ1n) is 5.12. The second-order valence-corrected chi connectivity index (χ2v) is 6.87. The molecule has 0 saturated carbocycles. The van der Waals surface area contributed by atoms with Crippen molar-refractivity contribution in [2.24, 2.45) is 0 Å². The van der Waals surface area contributed by atoms with E-state index in [4.69, 9.17) is 4.74 Å². The Morgan fingerprint density at radius 2 is 2.12 bits per heavy atom. The molecule has 0 bridgehead atoms. The molecule has 17 heavy (non-hydrogen) atoms. The highest BCUT2D eigenvalue weighted by Gasteiger charge is 2.07. The topological polar surface area (TPSA) is 55.4 Å². The molecule has 1 N–H and O–H groups in total. The van der Waals surface area contributed by atoms with Crippen molar-refractivity contribution in [1.82, 2.24) is 0 Å². The summed E-state index contributed by atoms with van der Waals surface area (Å²) >= 11 is 3.44. The van der Waals surface area contributed by atoms with Crippen molar-refractivity contribution in [3.63, 3.8) is 0 Å². The van der Waals surface area contributed by atoms with Crippen LogP contribution in [0.3, 0.4) is 0 Å². The van der Waals surface area contributed by atoms with E-state index in [9.17, 15) is 8.42 Å². The third-order valence-corrected chi connectivity index (χ3v) is 3.88. The first-order chi connectivity index (χ1) is 7.94. The van der Waals surface area contributed by atoms with Crippen molar-refractivity contribution in [3.8, 4) is 0 Å². The van der Waals surface area contributed by atoms with Gasteiger partial charge >= 0.3 is 0 Å². The van der Waals surface area contributed by atoms with E-state index in [0.717, 1.165) is 15.7 Å². The molecule has 4 nitrogen and oxygen atoms in total. The summed E-state index contributed by atoms with van der Waals surface area (Å²) in [7, 11) is -1.31. The standard InChI is InChI=1S/C11H16BrNO3S/c1-16-8-9-10(12)4-3-5-11(9)13-6-7-17(2,14)15/h3-5,13H,6-8H2,1-2H3. The number of sulfone groups is 1. The number of hydrogen-bond donors (Lipinski definition) is 1. The highest BCUT2D eigenvalue weighted by atomic mass is 79.9. The molecule has 96 valence electrons. The predicted octanol–water partition coefficient (Wildman–Crippen LogP) is 2.05. The quantitative estimate of drug-likeness (QED) is 0.871. The Morgan fingerprint density at radius 3 is 2.71 bits per heavy atom. The zero-order chi connectivity index (χ0) is 12.9. The zero-order valence-electron chi connectivity index (χ0n) is 9.86. The molecule has 1 rings (SSSR count). The van der Waals surface area contributed by atoms with E-state index in [2.05, 4.69) is 21.2 Å². The minimum absolute atomic E-state index is 0.117. The van der Waals surface area contributed by atoms with Crippen LogP contribution in [-0.4, -0.2) is 34.1 Å². The lowest BCUT2D eigenvalue weighted by atomic mass is 10.2. The van der Waals surface area contributed by atoms with E-state index in [1.165, 1.54) is 6.26 Å². The summed E-state index contributed by atoms with van der Waals surface area (Å²) in [6, 6.07) is 5.73. The van der Waals surface area contributed by atoms with Gasteiger partial charge < -0.3 is 10.1 Å². The van der Waals surface area contributed by atoms with E-state index >= 15 is 0 Å². The van der Waals surface area contributed by atoms with Crippen LogP contribution in [0.5, 0.6) is 0 Å². The van der Waals surface area contributed by atoms with Crippen LogP contribution in [0, 0.1) is 0 Å². The van der Waals surface area contributed by atoms with E-state index in [-0.39, 0.29) is 5.75 Å². The minimum atomic E-state index is -2.93. The fraction of sp³-hybridized carbons (Fsp3) is 0.455. The highest BCUT2D eigenvalue weighted by molar-refractivity contribution is 9.10. The lowest BCUT2D eigenvalue weighted by molar-refractivity contribution is 0.185. The molecule has 0 spiro atoms. The SMILES string of the molecule is COCc1c(Br)cccc1NCCS(C)(=O)=O. The summed E-state index contributed by atoms with van der Waals surface area (Å²) < 4.78 is 28.1. The van der Waals surface area contributed by atoms with Gasteiger partial charge in [-0.05, 0) is 12.1 Å². The maximum Gasteiger partial charge on any atom is 0.149 e. The van der Waals surface area contributed by atoms with Crippen molar-refractivity contribution < 1.29 is 13.2 Å². The maximum atomic E-state index is 11.0. The molecule has 1 aromatic rings. The number of methoxy groups -OCH3 is 1. The fourth-order valence-electron chi connectivity index (χ4n) is 1.39. The van der Waals surface area contributed by atoms with Crippen LogP contribution < -0.4 is 5.32 Å². The van der Waals surface area contributed by atoms with Gasteiger partial charge in [-0.3, -0.25) is 0 Å². The maximum absolute atomic E-state index is 11.0. The molecule has 0 aromatic heterocycles. The largest absolute Gasteiger partial charge is 0.384 e. The smallest absolute Gasteiger partial charge is 0.149 e. The van der Waals surface area contributed by atoms with Gasteiger partial charge in [0, 0.05) is 35.6 Å². The molecule has 0 aliphatic rings. The van der Waals surface area contributed by atoms with E-state index in [1.54, 1.807) is 7.11 Å². The third kappa shape index (κ3) is 5.06. The van der Waals surface area contributed by atoms with Crippen molar-refractivity contribution in [2.45, 2.75) is 6.61 Å². The molecule has 0 aliphatic heterocycles. The van der Waals surface area contributed by atoms with Crippen LogP contribution in [-0.2, 0) is 21.2 Å². The predicted molar refractivity (Wildman–Crippen MR) is 73.1 cm³/mol. The van der Waals surface area contributed by atoms with Crippen molar-refractivity contribution >= 4 is 31.5 Å². The zero-order valence-corrected chi connectivity index (χ0v) is 12.3. The van der Waals surface area contributed by atoms with Crippen molar-refractivity contribution in [1.29, 1.82) is 0 Å². The van der Waals surface area contributed by atoms with Gasteiger partial charge in [0.05, 0.1) is 12.4 Å². The molecule has 0 atom stereocenters. The molecule has 0 heterocycles. The van der Waals surface area contributed by atoms with Gasteiger partial charge in [0.15, 0.2) is 0 Å². The van der Waals surface area contributed by atoms with Crippen LogP contribution in [0.2, 0.25) is 0 Å². The molecule has 0 radical (unpaired) electrons. The Balaban J connectivity index is 2.73. The lowest BCUT2D eigenvalue weighted by Crippen LogP contribution is -2.15. The second-order valence-electron chi connectivity index (χ2n) is 3.76. The Morgan fingerprint density at radius 1 is 1.41 bits per heavy atom. The fourth-order valence-corrected chi connectivity index (χ4v) is 2.34. The van der Waals surface area contributed by atoms with Gasteiger partial charge in [-0.1, -0.05) is 22.0 Å². The molecule has 0 amide bonds. The van der Waals surface area contributed by atoms with Crippen molar-refractivity contribution in [2.75, 3.05) is 31.0 Å². The minimum Gasteiger partial charge on any atom is -0.384 e. The Labute approximate surface area is 110 Å². The molecule has 0 saturated heterocycles. The first kappa shape index (κ1) is 14.5. The average molecular weight is 322 g/mol. The number of anilines is 1. The lowest BCUT2D eigenvalue weighted by Gasteiger charge is -2.12. The number of halogens is 1. The van der Waals surface area contributed by atoms with Gasteiger partial charge in [-0.25, -0.2) is 8.42 Å². The number of hydrogen-bond acceptors (Lipinski definition) is 4. The molecule has 0 unspecified atom stereocenters. The number of nitrogens with one attached hydrogen (secondary N) is 1. The van der Waals surface area contributed by atoms with Gasteiger partial charge in [0.2, 0.25) is 0 Å². The molecule has 0 aliphatic carbocycles. The van der Waals surface area contributed by atoms with Crippen LogP contribution in [0.25, 0.3) is 0 Å². The highest BCUT2D eigenvalue weighted by Crippen LogP contribution is 2.25. The summed E-state index contributed by atoms with van der Waals surface area (Å²) in [6.07, 6.45) is 1.23. The van der Waals surface area contributed by atoms with Crippen LogP contribution in [0.4, 0.5) is 5.69 Å². The molecule has 0 fully saturated rings. The number of rotatable bonds is 6. The van der Waals surface area contributed by atoms with Crippen LogP contribution in [0.1, 0.15) is 5.56 Å². The van der Waals surface area contributed by atoms with Crippen LogP contribution in [0.15, 0.2) is 22.7 Å². The van der Waals surface area contributed by atoms with Gasteiger partial charge in [-0.15, -0.1) is 0 Å². The Kier molecular flexibility index (Phi) is 5.42. The summed E-state index contributed by atoms with van der Waals surface area (Å²) in [6.45, 7) is 0.870. The second kappa shape index (κ2) is 6.37. The summed E-state index contributed by atoms with van der Waals surface area (Å²) in [4.78, 5) is 0. The number of benzene rings is 1. The Hall–Kier alpha value is -0.590. The number of ether oxygens (including phenoxy) is 1. The molecular formula is C11H16BrNO3S. The first-order valence-corrected chi connectivity index (χ1v) is 7.97. The van der Waals surface area contributed by atoms with E-state index < -0.39 is 9.84 Å². The van der Waals surface area contributed by atoms with Crippen LogP contribution >= 0.6 is 15.9 Å². The summed E-state index contributed by atoms with van der Waals surface area (Å²) in [5.41, 5.74) is 1.88. The summed E-state index contributed by atoms with van der Waals surface area (Å²) in [5, 5.41) is 3.11. The third-order valence-electron chi connectivity index (χ3n) is 2.20. The average Bonchev–Trinajstić information content (AvgIpc) is 2.21. The van der Waals surface area contributed by atoms with E-state index in [0.29, 0.717) is 13.2 Å². The normalized spacial score (nSPS) is 11.5.